The van der Waals surface area contributed by atoms with Crippen molar-refractivity contribution < 1.29 is 9.90 Å². The van der Waals surface area contributed by atoms with Crippen molar-refractivity contribution in [3.63, 3.8) is 0 Å². The Kier molecular flexibility index (Phi) is 4.95. The molecule has 3 N–H and O–H groups in total. The van der Waals surface area contributed by atoms with Gasteiger partial charge in [-0.2, -0.15) is 5.10 Å². The third kappa shape index (κ3) is 3.95. The van der Waals surface area contributed by atoms with Crippen LogP contribution in [-0.4, -0.2) is 32.4 Å². The van der Waals surface area contributed by atoms with Crippen LogP contribution < -0.4 is 10.6 Å². The van der Waals surface area contributed by atoms with Crippen molar-refractivity contribution in [3.05, 3.63) is 53.3 Å². The molecule has 0 unspecified atom stereocenters. The number of pyridine rings is 1. The van der Waals surface area contributed by atoms with Gasteiger partial charge in [-0.15, -0.1) is 0 Å². The highest BCUT2D eigenvalue weighted by Crippen LogP contribution is 2.19. The first-order valence-corrected chi connectivity index (χ1v) is 8.09. The lowest BCUT2D eigenvalue weighted by Crippen LogP contribution is -2.30. The third-order valence-electron chi connectivity index (χ3n) is 4.03. The van der Waals surface area contributed by atoms with Crippen molar-refractivity contribution in [2.75, 3.05) is 11.9 Å². The first kappa shape index (κ1) is 16.9. The molecule has 7 heteroatoms. The quantitative estimate of drug-likeness (QED) is 0.664. The minimum Gasteiger partial charge on any atom is -0.392 e. The minimum absolute atomic E-state index is 0.0374. The van der Waals surface area contributed by atoms with E-state index in [2.05, 4.69) is 20.7 Å². The SMILES string of the molecule is Cc1nn(C)c2ncc(NC(=O)NCCc3ccc(CO)cc3)cc12. The number of nitrogens with one attached hydrogen (secondary N) is 2. The number of hydrogen-bond donors (Lipinski definition) is 3. The van der Waals surface area contributed by atoms with Gasteiger partial charge >= 0.3 is 6.03 Å². The smallest absolute Gasteiger partial charge is 0.319 e. The molecule has 0 bridgehead atoms. The van der Waals surface area contributed by atoms with E-state index in [9.17, 15) is 4.79 Å². The molecule has 0 spiro atoms. The van der Waals surface area contributed by atoms with Gasteiger partial charge in [-0.3, -0.25) is 4.68 Å². The second-order valence-corrected chi connectivity index (χ2v) is 5.91. The standard InChI is InChI=1S/C18H21N5O2/c1-12-16-9-15(10-20-17(16)23(2)22-12)21-18(25)19-8-7-13-3-5-14(11-24)6-4-13/h3-6,9-10,24H,7-8,11H2,1-2H3,(H2,19,21,25). The van der Waals surface area contributed by atoms with E-state index in [1.807, 2.05) is 44.3 Å². The number of benzene rings is 1. The summed E-state index contributed by atoms with van der Waals surface area (Å²) in [5.41, 5.74) is 4.28. The lowest BCUT2D eigenvalue weighted by atomic mass is 10.1. The number of amides is 2. The van der Waals surface area contributed by atoms with Crippen molar-refractivity contribution in [2.45, 2.75) is 20.0 Å². The molecule has 2 aromatic heterocycles. The van der Waals surface area contributed by atoms with Crippen molar-refractivity contribution in [2.24, 2.45) is 7.05 Å². The topological polar surface area (TPSA) is 92.1 Å². The molecule has 0 fully saturated rings. The molecule has 7 nitrogen and oxygen atoms in total. The largest absolute Gasteiger partial charge is 0.392 e. The summed E-state index contributed by atoms with van der Waals surface area (Å²) in [6, 6.07) is 9.27. The zero-order valence-corrected chi connectivity index (χ0v) is 14.3. The number of hydrogen-bond acceptors (Lipinski definition) is 4. The van der Waals surface area contributed by atoms with E-state index in [1.54, 1.807) is 10.9 Å². The van der Waals surface area contributed by atoms with Gasteiger partial charge in [0.05, 0.1) is 24.2 Å². The molecule has 0 aliphatic carbocycles. The average Bonchev–Trinajstić information content (AvgIpc) is 2.89. The maximum atomic E-state index is 12.0. The number of urea groups is 1. The lowest BCUT2D eigenvalue weighted by molar-refractivity contribution is 0.252. The number of carbonyl (C=O) groups is 1. The number of fused-ring (bicyclic) bond motifs is 1. The molecule has 2 heterocycles. The van der Waals surface area contributed by atoms with Gasteiger partial charge in [-0.1, -0.05) is 24.3 Å². The molecular weight excluding hydrogens is 318 g/mol. The fourth-order valence-corrected chi connectivity index (χ4v) is 2.68. The second kappa shape index (κ2) is 7.31. The number of aryl methyl sites for hydroxylation is 2. The molecule has 0 aliphatic heterocycles. The third-order valence-corrected chi connectivity index (χ3v) is 4.03. The van der Waals surface area contributed by atoms with Gasteiger partial charge in [0.1, 0.15) is 0 Å². The van der Waals surface area contributed by atoms with Crippen molar-refractivity contribution in [1.82, 2.24) is 20.1 Å². The van der Waals surface area contributed by atoms with Crippen LogP contribution in [0.25, 0.3) is 11.0 Å². The number of anilines is 1. The van der Waals surface area contributed by atoms with Gasteiger partial charge in [0.2, 0.25) is 0 Å². The van der Waals surface area contributed by atoms with E-state index < -0.39 is 0 Å². The minimum atomic E-state index is -0.269. The molecular formula is C18H21N5O2. The van der Waals surface area contributed by atoms with Gasteiger partial charge in [-0.05, 0) is 30.5 Å². The van der Waals surface area contributed by atoms with E-state index in [1.165, 1.54) is 0 Å². The molecule has 0 saturated carbocycles. The Bertz CT molecular complexity index is 886. The van der Waals surface area contributed by atoms with Gasteiger partial charge in [0.15, 0.2) is 5.65 Å². The molecule has 130 valence electrons. The maximum absolute atomic E-state index is 12.0. The van der Waals surface area contributed by atoms with E-state index >= 15 is 0 Å². The van der Waals surface area contributed by atoms with E-state index in [-0.39, 0.29) is 12.6 Å². The summed E-state index contributed by atoms with van der Waals surface area (Å²) in [5, 5.41) is 19.9. The van der Waals surface area contributed by atoms with Crippen LogP contribution in [0.4, 0.5) is 10.5 Å². The Morgan fingerprint density at radius 2 is 1.96 bits per heavy atom. The van der Waals surface area contributed by atoms with E-state index in [0.29, 0.717) is 12.2 Å². The van der Waals surface area contributed by atoms with Crippen LogP contribution in [0.5, 0.6) is 0 Å². The summed E-state index contributed by atoms with van der Waals surface area (Å²) in [7, 11) is 1.84. The highest BCUT2D eigenvalue weighted by atomic mass is 16.3. The summed E-state index contributed by atoms with van der Waals surface area (Å²) in [6.45, 7) is 2.47. The fraction of sp³-hybridized carbons (Fsp3) is 0.278. The number of carbonyl (C=O) groups excluding carboxylic acids is 1. The van der Waals surface area contributed by atoms with E-state index in [4.69, 9.17) is 5.11 Å². The van der Waals surface area contributed by atoms with Gasteiger partial charge in [-0.25, -0.2) is 9.78 Å². The Labute approximate surface area is 145 Å². The molecule has 25 heavy (non-hydrogen) atoms. The average molecular weight is 339 g/mol. The maximum Gasteiger partial charge on any atom is 0.319 e. The molecule has 1 aromatic carbocycles. The van der Waals surface area contributed by atoms with Crippen molar-refractivity contribution in [1.29, 1.82) is 0 Å². The summed E-state index contributed by atoms with van der Waals surface area (Å²) < 4.78 is 1.72. The van der Waals surface area contributed by atoms with Gasteiger partial charge < -0.3 is 15.7 Å². The van der Waals surface area contributed by atoms with Crippen molar-refractivity contribution in [3.8, 4) is 0 Å². The van der Waals surface area contributed by atoms with Crippen LogP contribution in [0.15, 0.2) is 36.5 Å². The molecule has 3 rings (SSSR count). The van der Waals surface area contributed by atoms with E-state index in [0.717, 1.165) is 34.3 Å². The van der Waals surface area contributed by atoms with Crippen LogP contribution >= 0.6 is 0 Å². The number of aromatic nitrogens is 3. The Hall–Kier alpha value is -2.93. The molecule has 0 saturated heterocycles. The van der Waals surface area contributed by atoms with Crippen LogP contribution in [0.2, 0.25) is 0 Å². The first-order chi connectivity index (χ1) is 12.1. The molecule has 2 amide bonds. The van der Waals surface area contributed by atoms with Crippen molar-refractivity contribution >= 4 is 22.8 Å². The van der Waals surface area contributed by atoms with Crippen LogP contribution in [0.1, 0.15) is 16.8 Å². The number of rotatable bonds is 5. The Morgan fingerprint density at radius 3 is 2.68 bits per heavy atom. The lowest BCUT2D eigenvalue weighted by Gasteiger charge is -2.08. The zero-order chi connectivity index (χ0) is 17.8. The summed E-state index contributed by atoms with van der Waals surface area (Å²) in [5.74, 6) is 0. The van der Waals surface area contributed by atoms with Gasteiger partial charge in [0.25, 0.3) is 0 Å². The Balaban J connectivity index is 1.54. The Morgan fingerprint density at radius 1 is 1.24 bits per heavy atom. The predicted molar refractivity (Wildman–Crippen MR) is 96.3 cm³/mol. The molecule has 0 radical (unpaired) electrons. The number of aliphatic hydroxyl groups is 1. The summed E-state index contributed by atoms with van der Waals surface area (Å²) in [6.07, 6.45) is 2.34. The molecule has 0 atom stereocenters. The molecule has 0 aliphatic rings. The monoisotopic (exact) mass is 339 g/mol. The predicted octanol–water partition coefficient (Wildman–Crippen LogP) is 2.13. The van der Waals surface area contributed by atoms with Gasteiger partial charge in [0, 0.05) is 19.0 Å². The highest BCUT2D eigenvalue weighted by Gasteiger charge is 2.08. The van der Waals surface area contributed by atoms with Crippen LogP contribution in [0.3, 0.4) is 0 Å². The summed E-state index contributed by atoms with van der Waals surface area (Å²) >= 11 is 0. The number of nitrogens with zero attached hydrogens (tertiary/aromatic N) is 3. The normalized spacial score (nSPS) is 10.8. The summed E-state index contributed by atoms with van der Waals surface area (Å²) in [4.78, 5) is 16.4. The fourth-order valence-electron chi connectivity index (χ4n) is 2.68. The zero-order valence-electron chi connectivity index (χ0n) is 14.3. The first-order valence-electron chi connectivity index (χ1n) is 8.09. The molecule has 3 aromatic rings. The van der Waals surface area contributed by atoms with Crippen LogP contribution in [-0.2, 0) is 20.1 Å². The van der Waals surface area contributed by atoms with Crippen LogP contribution in [0, 0.1) is 6.92 Å². The second-order valence-electron chi connectivity index (χ2n) is 5.91. The number of aliphatic hydroxyl groups excluding tert-OH is 1. The highest BCUT2D eigenvalue weighted by molar-refractivity contribution is 5.92.